The van der Waals surface area contributed by atoms with Crippen LogP contribution < -0.4 is 4.74 Å². The summed E-state index contributed by atoms with van der Waals surface area (Å²) in [6, 6.07) is 10.7. The maximum atomic E-state index is 11.1. The third-order valence-electron chi connectivity index (χ3n) is 2.68. The Labute approximate surface area is 125 Å². The molecular formula is C14H12ClNO3S. The van der Waals surface area contributed by atoms with Gasteiger partial charge in [-0.2, -0.15) is 0 Å². The summed E-state index contributed by atoms with van der Waals surface area (Å²) < 4.78 is 5.01. The Morgan fingerprint density at radius 1 is 1.25 bits per heavy atom. The first-order valence-electron chi connectivity index (χ1n) is 5.77. The molecule has 0 fully saturated rings. The molecule has 0 N–H and O–H groups in total. The molecule has 0 spiro atoms. The van der Waals surface area contributed by atoms with Gasteiger partial charge in [0, 0.05) is 4.90 Å². The average Bonchev–Trinajstić information content (AvgIpc) is 2.41. The van der Waals surface area contributed by atoms with E-state index in [1.807, 2.05) is 31.2 Å². The van der Waals surface area contributed by atoms with E-state index in [1.54, 1.807) is 6.07 Å². The Hall–Kier alpha value is -1.72. The molecule has 0 aliphatic heterocycles. The molecule has 20 heavy (non-hydrogen) atoms. The molecule has 4 nitrogen and oxygen atoms in total. The van der Waals surface area contributed by atoms with E-state index < -0.39 is 4.92 Å². The molecule has 0 unspecified atom stereocenters. The Bertz CT molecular complexity index is 644. The van der Waals surface area contributed by atoms with Crippen molar-refractivity contribution in [3.8, 4) is 5.75 Å². The van der Waals surface area contributed by atoms with E-state index in [0.717, 1.165) is 10.5 Å². The van der Waals surface area contributed by atoms with Gasteiger partial charge in [-0.05, 0) is 25.1 Å². The first kappa shape index (κ1) is 14.7. The van der Waals surface area contributed by atoms with Crippen molar-refractivity contribution in [2.75, 3.05) is 7.11 Å². The van der Waals surface area contributed by atoms with Gasteiger partial charge in [0.1, 0.15) is 5.75 Å². The van der Waals surface area contributed by atoms with Crippen molar-refractivity contribution in [1.82, 2.24) is 0 Å². The third kappa shape index (κ3) is 3.23. The van der Waals surface area contributed by atoms with Crippen molar-refractivity contribution in [3.63, 3.8) is 0 Å². The van der Waals surface area contributed by atoms with Crippen LogP contribution in [0.4, 0.5) is 5.69 Å². The van der Waals surface area contributed by atoms with Crippen LogP contribution in [0.5, 0.6) is 5.75 Å². The van der Waals surface area contributed by atoms with Crippen molar-refractivity contribution in [3.05, 3.63) is 57.1 Å². The molecule has 6 heteroatoms. The number of hydrogen-bond acceptors (Lipinski definition) is 4. The fourth-order valence-electron chi connectivity index (χ4n) is 1.64. The Morgan fingerprint density at radius 2 is 1.90 bits per heavy atom. The summed E-state index contributed by atoms with van der Waals surface area (Å²) in [5.41, 5.74) is 1.12. The number of nitro groups is 1. The third-order valence-corrected chi connectivity index (χ3v) is 4.03. The van der Waals surface area contributed by atoms with Crippen molar-refractivity contribution in [2.24, 2.45) is 0 Å². The minimum absolute atomic E-state index is 0.0168. The van der Waals surface area contributed by atoms with Gasteiger partial charge >= 0.3 is 0 Å². The van der Waals surface area contributed by atoms with E-state index in [9.17, 15) is 10.1 Å². The van der Waals surface area contributed by atoms with E-state index in [1.165, 1.54) is 24.9 Å². The maximum absolute atomic E-state index is 11.1. The number of halogens is 1. The number of methoxy groups -OCH3 is 1. The van der Waals surface area contributed by atoms with Gasteiger partial charge in [-0.3, -0.25) is 10.1 Å². The standard InChI is InChI=1S/C14H12ClNO3S/c1-9-3-5-10(6-4-9)20-14-7-11(15)13(19-2)8-12(14)16(17)18/h3-8H,1-2H3. The van der Waals surface area contributed by atoms with Crippen molar-refractivity contribution in [1.29, 1.82) is 0 Å². The largest absolute Gasteiger partial charge is 0.495 e. The second kappa shape index (κ2) is 6.15. The summed E-state index contributed by atoms with van der Waals surface area (Å²) in [5.74, 6) is 0.298. The highest BCUT2D eigenvalue weighted by molar-refractivity contribution is 7.99. The van der Waals surface area contributed by atoms with Crippen LogP contribution in [0.3, 0.4) is 0 Å². The van der Waals surface area contributed by atoms with Gasteiger partial charge in [0.05, 0.1) is 28.0 Å². The summed E-state index contributed by atoms with van der Waals surface area (Å²) in [4.78, 5) is 12.1. The molecule has 0 aliphatic carbocycles. The highest BCUT2D eigenvalue weighted by Crippen LogP contribution is 2.40. The molecule has 0 saturated heterocycles. The van der Waals surface area contributed by atoms with Crippen LogP contribution in [-0.2, 0) is 0 Å². The van der Waals surface area contributed by atoms with Crippen LogP contribution in [0.15, 0.2) is 46.2 Å². The SMILES string of the molecule is COc1cc([N+](=O)[O-])c(Sc2ccc(C)cc2)cc1Cl. The Kier molecular flexibility index (Phi) is 4.52. The highest BCUT2D eigenvalue weighted by Gasteiger charge is 2.19. The number of nitrogens with zero attached hydrogens (tertiary/aromatic N) is 1. The second-order valence-electron chi connectivity index (χ2n) is 4.13. The highest BCUT2D eigenvalue weighted by atomic mass is 35.5. The van der Waals surface area contributed by atoms with Gasteiger partial charge in [0.25, 0.3) is 5.69 Å². The predicted molar refractivity (Wildman–Crippen MR) is 80.0 cm³/mol. The Morgan fingerprint density at radius 3 is 2.45 bits per heavy atom. The van der Waals surface area contributed by atoms with Gasteiger partial charge in [-0.25, -0.2) is 0 Å². The fraction of sp³-hybridized carbons (Fsp3) is 0.143. The number of hydrogen-bond donors (Lipinski definition) is 0. The molecule has 0 aromatic heterocycles. The summed E-state index contributed by atoms with van der Waals surface area (Å²) in [6.45, 7) is 1.99. The van der Waals surface area contributed by atoms with Gasteiger partial charge < -0.3 is 4.74 Å². The fourth-order valence-corrected chi connectivity index (χ4v) is 2.88. The van der Waals surface area contributed by atoms with Crippen LogP contribution >= 0.6 is 23.4 Å². The van der Waals surface area contributed by atoms with E-state index in [4.69, 9.17) is 16.3 Å². The maximum Gasteiger partial charge on any atom is 0.287 e. The predicted octanol–water partition coefficient (Wildman–Crippen LogP) is 4.72. The van der Waals surface area contributed by atoms with Crippen LogP contribution in [-0.4, -0.2) is 12.0 Å². The van der Waals surface area contributed by atoms with Gasteiger partial charge in [-0.1, -0.05) is 41.1 Å². The molecule has 0 bridgehead atoms. The normalized spacial score (nSPS) is 10.3. The van der Waals surface area contributed by atoms with Crippen molar-refractivity contribution < 1.29 is 9.66 Å². The smallest absolute Gasteiger partial charge is 0.287 e. The van der Waals surface area contributed by atoms with E-state index >= 15 is 0 Å². The molecule has 0 saturated carbocycles. The Balaban J connectivity index is 2.42. The molecule has 2 rings (SSSR count). The number of rotatable bonds is 4. The molecular weight excluding hydrogens is 298 g/mol. The number of benzene rings is 2. The second-order valence-corrected chi connectivity index (χ2v) is 5.65. The molecule has 0 radical (unpaired) electrons. The van der Waals surface area contributed by atoms with E-state index in [2.05, 4.69) is 0 Å². The topological polar surface area (TPSA) is 52.4 Å². The van der Waals surface area contributed by atoms with Crippen LogP contribution in [0, 0.1) is 17.0 Å². The number of ether oxygens (including phenoxy) is 1. The average molecular weight is 310 g/mol. The zero-order valence-corrected chi connectivity index (χ0v) is 12.5. The van der Waals surface area contributed by atoms with Crippen molar-refractivity contribution in [2.45, 2.75) is 16.7 Å². The molecule has 0 amide bonds. The quantitative estimate of drug-likeness (QED) is 0.606. The summed E-state index contributed by atoms with van der Waals surface area (Å²) in [6.07, 6.45) is 0. The first-order valence-corrected chi connectivity index (χ1v) is 6.97. The van der Waals surface area contributed by atoms with Gasteiger partial charge in [0.15, 0.2) is 0 Å². The van der Waals surface area contributed by atoms with Crippen LogP contribution in [0.25, 0.3) is 0 Å². The molecule has 104 valence electrons. The zero-order valence-electron chi connectivity index (χ0n) is 10.9. The summed E-state index contributed by atoms with van der Waals surface area (Å²) >= 11 is 7.34. The van der Waals surface area contributed by atoms with E-state index in [-0.39, 0.29) is 5.69 Å². The monoisotopic (exact) mass is 309 g/mol. The minimum atomic E-state index is -0.435. The van der Waals surface area contributed by atoms with Crippen molar-refractivity contribution >= 4 is 29.1 Å². The molecule has 2 aromatic carbocycles. The molecule has 0 heterocycles. The lowest BCUT2D eigenvalue weighted by atomic mass is 10.2. The molecule has 0 atom stereocenters. The van der Waals surface area contributed by atoms with Gasteiger partial charge in [-0.15, -0.1) is 0 Å². The molecule has 2 aromatic rings. The summed E-state index contributed by atoms with van der Waals surface area (Å²) in [5, 5.41) is 11.5. The lowest BCUT2D eigenvalue weighted by Gasteiger charge is -2.07. The zero-order chi connectivity index (χ0) is 14.7. The van der Waals surface area contributed by atoms with Crippen LogP contribution in [0.1, 0.15) is 5.56 Å². The number of nitro benzene ring substituents is 1. The number of aryl methyl sites for hydroxylation is 1. The van der Waals surface area contributed by atoms with E-state index in [0.29, 0.717) is 15.7 Å². The first-order chi connectivity index (χ1) is 9.51. The van der Waals surface area contributed by atoms with Gasteiger partial charge in [0.2, 0.25) is 0 Å². The molecule has 0 aliphatic rings. The minimum Gasteiger partial charge on any atom is -0.495 e. The summed E-state index contributed by atoms with van der Waals surface area (Å²) in [7, 11) is 1.43. The lowest BCUT2D eigenvalue weighted by molar-refractivity contribution is -0.387. The van der Waals surface area contributed by atoms with Crippen LogP contribution in [0.2, 0.25) is 5.02 Å². The lowest BCUT2D eigenvalue weighted by Crippen LogP contribution is -1.93.